The van der Waals surface area contributed by atoms with Crippen molar-refractivity contribution in [3.05, 3.63) is 34.2 Å². The number of rotatable bonds is 4. The van der Waals surface area contributed by atoms with E-state index in [0.717, 1.165) is 5.56 Å². The summed E-state index contributed by atoms with van der Waals surface area (Å²) in [7, 11) is -2.18. The molecule has 0 saturated carbocycles. The first-order valence-electron chi connectivity index (χ1n) is 5.37. The number of sulfonamides is 1. The predicted octanol–water partition coefficient (Wildman–Crippen LogP) is 0.760. The SMILES string of the molecule is Cc1cccnc1CNS(=O)(=O)c1c(Br)nnn1C. The number of halogens is 1. The lowest BCUT2D eigenvalue weighted by atomic mass is 10.2. The van der Waals surface area contributed by atoms with Crippen LogP contribution in [0.3, 0.4) is 0 Å². The molecule has 0 radical (unpaired) electrons. The van der Waals surface area contributed by atoms with E-state index in [9.17, 15) is 8.42 Å². The molecule has 0 aromatic carbocycles. The van der Waals surface area contributed by atoms with Gasteiger partial charge in [-0.3, -0.25) is 4.98 Å². The van der Waals surface area contributed by atoms with Crippen LogP contribution in [0.4, 0.5) is 0 Å². The maximum Gasteiger partial charge on any atom is 0.260 e. The van der Waals surface area contributed by atoms with Crippen molar-refractivity contribution >= 4 is 26.0 Å². The number of aromatic nitrogens is 4. The van der Waals surface area contributed by atoms with Crippen LogP contribution in [-0.2, 0) is 23.6 Å². The first kappa shape index (κ1) is 14.1. The minimum Gasteiger partial charge on any atom is -0.260 e. The number of nitrogens with one attached hydrogen (secondary N) is 1. The zero-order chi connectivity index (χ0) is 14.0. The average molecular weight is 346 g/mol. The second kappa shape index (κ2) is 5.35. The van der Waals surface area contributed by atoms with Gasteiger partial charge in [0.05, 0.1) is 12.2 Å². The fraction of sp³-hybridized carbons (Fsp3) is 0.300. The molecule has 2 aromatic rings. The molecule has 102 valence electrons. The largest absolute Gasteiger partial charge is 0.260 e. The highest BCUT2D eigenvalue weighted by atomic mass is 79.9. The molecule has 0 atom stereocenters. The Labute approximate surface area is 119 Å². The second-order valence-corrected chi connectivity index (χ2v) is 6.33. The molecule has 0 aliphatic carbocycles. The highest BCUT2D eigenvalue weighted by Crippen LogP contribution is 2.17. The molecule has 2 aromatic heterocycles. The Kier molecular flexibility index (Phi) is 3.97. The molecule has 9 heteroatoms. The van der Waals surface area contributed by atoms with Gasteiger partial charge in [0.1, 0.15) is 0 Å². The van der Waals surface area contributed by atoms with Gasteiger partial charge in [0.2, 0.25) is 5.03 Å². The topological polar surface area (TPSA) is 89.8 Å². The maximum absolute atomic E-state index is 12.1. The van der Waals surface area contributed by atoms with E-state index in [1.165, 1.54) is 11.7 Å². The van der Waals surface area contributed by atoms with Gasteiger partial charge in [0.25, 0.3) is 10.0 Å². The van der Waals surface area contributed by atoms with E-state index in [1.54, 1.807) is 12.3 Å². The molecule has 0 fully saturated rings. The summed E-state index contributed by atoms with van der Waals surface area (Å²) in [6, 6.07) is 3.67. The third kappa shape index (κ3) is 2.99. The van der Waals surface area contributed by atoms with Crippen LogP contribution in [0.5, 0.6) is 0 Å². The fourth-order valence-corrected chi connectivity index (χ4v) is 3.62. The third-order valence-corrected chi connectivity index (χ3v) is 4.83. The molecular formula is C10H12BrN5O2S. The van der Waals surface area contributed by atoms with Gasteiger partial charge in [-0.05, 0) is 34.5 Å². The molecule has 2 heterocycles. The molecule has 19 heavy (non-hydrogen) atoms. The van der Waals surface area contributed by atoms with Crippen LogP contribution < -0.4 is 4.72 Å². The van der Waals surface area contributed by atoms with Crippen LogP contribution >= 0.6 is 15.9 Å². The first-order valence-corrected chi connectivity index (χ1v) is 7.65. The van der Waals surface area contributed by atoms with Gasteiger partial charge >= 0.3 is 0 Å². The minimum atomic E-state index is -3.69. The molecule has 0 unspecified atom stereocenters. The monoisotopic (exact) mass is 345 g/mol. The Morgan fingerprint density at radius 2 is 2.21 bits per heavy atom. The quantitative estimate of drug-likeness (QED) is 0.883. The van der Waals surface area contributed by atoms with Gasteiger partial charge < -0.3 is 0 Å². The number of nitrogens with zero attached hydrogens (tertiary/aromatic N) is 4. The summed E-state index contributed by atoms with van der Waals surface area (Å²) in [6.45, 7) is 1.99. The molecule has 0 saturated heterocycles. The predicted molar refractivity (Wildman–Crippen MR) is 71.7 cm³/mol. The van der Waals surface area contributed by atoms with E-state index < -0.39 is 10.0 Å². The van der Waals surface area contributed by atoms with Gasteiger partial charge in [0, 0.05) is 13.2 Å². The highest BCUT2D eigenvalue weighted by molar-refractivity contribution is 9.10. The number of hydrogen-bond donors (Lipinski definition) is 1. The molecule has 0 amide bonds. The standard InChI is InChI=1S/C10H12BrN5O2S/c1-7-4-3-5-12-8(7)6-13-19(17,18)10-9(11)14-15-16(10)2/h3-5,13H,6H2,1-2H3. The van der Waals surface area contributed by atoms with E-state index in [1.807, 2.05) is 13.0 Å². The smallest absolute Gasteiger partial charge is 0.260 e. The zero-order valence-electron chi connectivity index (χ0n) is 10.3. The van der Waals surface area contributed by atoms with Crippen molar-refractivity contribution in [3.8, 4) is 0 Å². The van der Waals surface area contributed by atoms with Crippen molar-refractivity contribution in [3.63, 3.8) is 0 Å². The van der Waals surface area contributed by atoms with Crippen molar-refractivity contribution in [1.82, 2.24) is 24.7 Å². The van der Waals surface area contributed by atoms with E-state index >= 15 is 0 Å². The van der Waals surface area contributed by atoms with E-state index in [4.69, 9.17) is 0 Å². The Balaban J connectivity index is 2.22. The van der Waals surface area contributed by atoms with Crippen molar-refractivity contribution < 1.29 is 8.42 Å². The number of hydrogen-bond acceptors (Lipinski definition) is 5. The van der Waals surface area contributed by atoms with Crippen molar-refractivity contribution in [1.29, 1.82) is 0 Å². The summed E-state index contributed by atoms with van der Waals surface area (Å²) < 4.78 is 28.2. The van der Waals surface area contributed by atoms with Gasteiger partial charge in [0.15, 0.2) is 4.60 Å². The van der Waals surface area contributed by atoms with Crippen molar-refractivity contribution in [2.24, 2.45) is 7.05 Å². The van der Waals surface area contributed by atoms with Crippen LogP contribution in [0.15, 0.2) is 28.0 Å². The Hall–Kier alpha value is -1.32. The Morgan fingerprint density at radius 3 is 2.79 bits per heavy atom. The lowest BCUT2D eigenvalue weighted by Gasteiger charge is -2.07. The molecule has 0 aliphatic rings. The van der Waals surface area contributed by atoms with Crippen LogP contribution in [0.2, 0.25) is 0 Å². The number of pyridine rings is 1. The summed E-state index contributed by atoms with van der Waals surface area (Å²) in [5, 5.41) is 7.28. The Morgan fingerprint density at radius 1 is 1.47 bits per heavy atom. The number of aryl methyl sites for hydroxylation is 2. The highest BCUT2D eigenvalue weighted by Gasteiger charge is 2.23. The van der Waals surface area contributed by atoms with Gasteiger partial charge in [-0.15, -0.1) is 5.10 Å². The summed E-state index contributed by atoms with van der Waals surface area (Å²) in [6.07, 6.45) is 1.62. The minimum absolute atomic E-state index is 0.0129. The van der Waals surface area contributed by atoms with Crippen LogP contribution in [0, 0.1) is 6.92 Å². The molecule has 2 rings (SSSR count). The lowest BCUT2D eigenvalue weighted by molar-refractivity contribution is 0.559. The lowest BCUT2D eigenvalue weighted by Crippen LogP contribution is -2.26. The van der Waals surface area contributed by atoms with Crippen LogP contribution in [-0.4, -0.2) is 28.4 Å². The fourth-order valence-electron chi connectivity index (χ4n) is 1.54. The first-order chi connectivity index (χ1) is 8.92. The zero-order valence-corrected chi connectivity index (χ0v) is 12.7. The van der Waals surface area contributed by atoms with Gasteiger partial charge in [-0.2, -0.15) is 0 Å². The molecule has 0 spiro atoms. The molecule has 7 nitrogen and oxygen atoms in total. The van der Waals surface area contributed by atoms with Crippen molar-refractivity contribution in [2.75, 3.05) is 0 Å². The summed E-state index contributed by atoms with van der Waals surface area (Å²) >= 11 is 3.06. The third-order valence-electron chi connectivity index (χ3n) is 2.54. The summed E-state index contributed by atoms with van der Waals surface area (Å²) in [5.74, 6) is 0. The van der Waals surface area contributed by atoms with Gasteiger partial charge in [-0.25, -0.2) is 17.8 Å². The normalized spacial score (nSPS) is 11.7. The molecular weight excluding hydrogens is 334 g/mol. The summed E-state index contributed by atoms with van der Waals surface area (Å²) in [5.41, 5.74) is 1.60. The van der Waals surface area contributed by atoms with Crippen molar-refractivity contribution in [2.45, 2.75) is 18.5 Å². The van der Waals surface area contributed by atoms with E-state index in [2.05, 4.69) is 35.9 Å². The van der Waals surface area contributed by atoms with E-state index in [-0.39, 0.29) is 16.2 Å². The maximum atomic E-state index is 12.1. The van der Waals surface area contributed by atoms with Gasteiger partial charge in [-0.1, -0.05) is 11.3 Å². The summed E-state index contributed by atoms with van der Waals surface area (Å²) in [4.78, 5) is 4.13. The van der Waals surface area contributed by atoms with Crippen LogP contribution in [0.25, 0.3) is 0 Å². The second-order valence-electron chi connectivity index (χ2n) is 3.90. The molecule has 0 bridgehead atoms. The Bertz CT molecular complexity index is 678. The van der Waals surface area contributed by atoms with Crippen LogP contribution in [0.1, 0.15) is 11.3 Å². The molecule has 1 N–H and O–H groups in total. The van der Waals surface area contributed by atoms with E-state index in [0.29, 0.717) is 5.69 Å². The molecule has 0 aliphatic heterocycles. The average Bonchev–Trinajstić information content (AvgIpc) is 2.69.